The summed E-state index contributed by atoms with van der Waals surface area (Å²) in [5, 5.41) is 1.92. The first-order valence-electron chi connectivity index (χ1n) is 6.57. The Kier molecular flexibility index (Phi) is 3.35. The summed E-state index contributed by atoms with van der Waals surface area (Å²) >= 11 is 0. The van der Waals surface area contributed by atoms with Crippen molar-refractivity contribution in [1.82, 2.24) is 0 Å². The lowest BCUT2D eigenvalue weighted by molar-refractivity contribution is 0.606. The predicted molar refractivity (Wildman–Crippen MR) is 86.6 cm³/mol. The molecule has 3 aromatic carbocycles. The molecule has 0 aliphatic rings. The number of rotatable bonds is 3. The van der Waals surface area contributed by atoms with Crippen LogP contribution in [0.1, 0.15) is 5.56 Å². The van der Waals surface area contributed by atoms with E-state index < -0.39 is 9.84 Å². The van der Waals surface area contributed by atoms with Gasteiger partial charge in [0.1, 0.15) is 0 Å². The molecule has 0 unspecified atom stereocenters. The van der Waals surface area contributed by atoms with Gasteiger partial charge in [-0.2, -0.15) is 0 Å². The van der Waals surface area contributed by atoms with Crippen LogP contribution in [0.2, 0.25) is 0 Å². The standard InChI is InChI=1S/C18H14O2S/c1-14(15-7-3-2-4-8-15)21(19,20)18-12-11-16-9-5-6-10-17(16)13-18/h2-13H,1H2. The van der Waals surface area contributed by atoms with Gasteiger partial charge in [-0.1, -0.05) is 67.2 Å². The molecule has 0 fully saturated rings. The van der Waals surface area contributed by atoms with E-state index in [1.165, 1.54) is 0 Å². The van der Waals surface area contributed by atoms with E-state index in [9.17, 15) is 8.42 Å². The molecule has 3 aromatic rings. The highest BCUT2D eigenvalue weighted by Gasteiger charge is 2.20. The normalized spacial score (nSPS) is 11.4. The highest BCUT2D eigenvalue weighted by atomic mass is 32.2. The van der Waals surface area contributed by atoms with Crippen LogP contribution in [0.15, 0.2) is 84.3 Å². The van der Waals surface area contributed by atoms with Gasteiger partial charge in [0.05, 0.1) is 9.80 Å². The summed E-state index contributed by atoms with van der Waals surface area (Å²) in [6.07, 6.45) is 0. The third-order valence-corrected chi connectivity index (χ3v) is 5.21. The Balaban J connectivity index is 2.10. The summed E-state index contributed by atoms with van der Waals surface area (Å²) in [5.74, 6) is 0. The Morgan fingerprint density at radius 2 is 1.38 bits per heavy atom. The first-order valence-corrected chi connectivity index (χ1v) is 8.05. The van der Waals surface area contributed by atoms with Gasteiger partial charge in [0.2, 0.25) is 9.84 Å². The van der Waals surface area contributed by atoms with Gasteiger partial charge in [-0.15, -0.1) is 0 Å². The van der Waals surface area contributed by atoms with E-state index in [-0.39, 0.29) is 9.80 Å². The van der Waals surface area contributed by atoms with Gasteiger partial charge in [-0.25, -0.2) is 8.42 Å². The van der Waals surface area contributed by atoms with Crippen molar-refractivity contribution in [2.45, 2.75) is 4.90 Å². The van der Waals surface area contributed by atoms with Gasteiger partial charge < -0.3 is 0 Å². The highest BCUT2D eigenvalue weighted by molar-refractivity contribution is 8.00. The molecule has 0 bridgehead atoms. The van der Waals surface area contributed by atoms with Gasteiger partial charge in [0.15, 0.2) is 0 Å². The van der Waals surface area contributed by atoms with E-state index >= 15 is 0 Å². The average molecular weight is 294 g/mol. The minimum atomic E-state index is -3.58. The molecule has 3 rings (SSSR count). The summed E-state index contributed by atoms with van der Waals surface area (Å²) in [6.45, 7) is 3.77. The van der Waals surface area contributed by atoms with E-state index in [0.717, 1.165) is 10.8 Å². The molecule has 0 atom stereocenters. The van der Waals surface area contributed by atoms with Crippen LogP contribution in [0, 0.1) is 0 Å². The Bertz CT molecular complexity index is 910. The van der Waals surface area contributed by atoms with Gasteiger partial charge in [-0.3, -0.25) is 0 Å². The first-order chi connectivity index (χ1) is 10.1. The van der Waals surface area contributed by atoms with Crippen molar-refractivity contribution in [3.63, 3.8) is 0 Å². The van der Waals surface area contributed by atoms with Crippen LogP contribution in [-0.4, -0.2) is 8.42 Å². The lowest BCUT2D eigenvalue weighted by atomic mass is 10.1. The summed E-state index contributed by atoms with van der Waals surface area (Å²) in [5.41, 5.74) is 0.616. The van der Waals surface area contributed by atoms with Gasteiger partial charge >= 0.3 is 0 Å². The zero-order valence-electron chi connectivity index (χ0n) is 11.4. The van der Waals surface area contributed by atoms with Gasteiger partial charge in [-0.05, 0) is 28.5 Å². The SMILES string of the molecule is C=C(c1ccccc1)S(=O)(=O)c1ccc2ccccc2c1. The van der Waals surface area contributed by atoms with E-state index in [1.54, 1.807) is 36.4 Å². The number of benzene rings is 3. The van der Waals surface area contributed by atoms with Crippen LogP contribution in [0.3, 0.4) is 0 Å². The van der Waals surface area contributed by atoms with Gasteiger partial charge in [0.25, 0.3) is 0 Å². The van der Waals surface area contributed by atoms with Gasteiger partial charge in [0, 0.05) is 0 Å². The third kappa shape index (κ3) is 2.48. The molecule has 0 aliphatic carbocycles. The Morgan fingerprint density at radius 1 is 0.762 bits per heavy atom. The zero-order valence-corrected chi connectivity index (χ0v) is 12.2. The molecule has 2 nitrogen and oxygen atoms in total. The van der Waals surface area contributed by atoms with Crippen molar-refractivity contribution in [2.24, 2.45) is 0 Å². The third-order valence-electron chi connectivity index (χ3n) is 3.45. The first kappa shape index (κ1) is 13.6. The molecular formula is C18H14O2S. The Labute approximate surface area is 124 Å². The molecule has 0 aromatic heterocycles. The van der Waals surface area contributed by atoms with Crippen molar-refractivity contribution in [1.29, 1.82) is 0 Å². The van der Waals surface area contributed by atoms with Crippen LogP contribution in [0.5, 0.6) is 0 Å². The maximum atomic E-state index is 12.7. The van der Waals surface area contributed by atoms with Crippen LogP contribution >= 0.6 is 0 Å². The molecule has 0 N–H and O–H groups in total. The Hall–Kier alpha value is -2.39. The second kappa shape index (κ2) is 5.19. The predicted octanol–water partition coefficient (Wildman–Crippen LogP) is 4.28. The maximum Gasteiger partial charge on any atom is 0.206 e. The highest BCUT2D eigenvalue weighted by Crippen LogP contribution is 2.28. The Morgan fingerprint density at radius 3 is 2.10 bits per heavy atom. The average Bonchev–Trinajstić information content (AvgIpc) is 2.54. The summed E-state index contributed by atoms with van der Waals surface area (Å²) in [4.78, 5) is 0.397. The number of hydrogen-bond acceptors (Lipinski definition) is 2. The fourth-order valence-electron chi connectivity index (χ4n) is 2.26. The second-order valence-corrected chi connectivity index (χ2v) is 6.77. The van der Waals surface area contributed by atoms with Crippen molar-refractivity contribution in [2.75, 3.05) is 0 Å². The molecule has 3 heteroatoms. The monoisotopic (exact) mass is 294 g/mol. The minimum Gasteiger partial charge on any atom is -0.219 e. The van der Waals surface area contributed by atoms with Crippen molar-refractivity contribution >= 4 is 25.5 Å². The molecule has 0 radical (unpaired) electrons. The summed E-state index contributed by atoms with van der Waals surface area (Å²) in [6, 6.07) is 21.8. The van der Waals surface area contributed by atoms with Crippen LogP contribution in [-0.2, 0) is 9.84 Å². The fraction of sp³-hybridized carbons (Fsp3) is 0. The van der Waals surface area contributed by atoms with E-state index in [0.29, 0.717) is 5.56 Å². The van der Waals surface area contributed by atoms with Crippen molar-refractivity contribution < 1.29 is 8.42 Å². The molecular weight excluding hydrogens is 280 g/mol. The zero-order chi connectivity index (χ0) is 14.9. The van der Waals surface area contributed by atoms with Crippen LogP contribution < -0.4 is 0 Å². The molecule has 0 aliphatic heterocycles. The quantitative estimate of drug-likeness (QED) is 0.722. The van der Waals surface area contributed by atoms with E-state index in [2.05, 4.69) is 6.58 Å². The summed E-state index contributed by atoms with van der Waals surface area (Å²) < 4.78 is 25.4. The smallest absolute Gasteiger partial charge is 0.206 e. The second-order valence-electron chi connectivity index (χ2n) is 4.80. The molecule has 0 saturated carbocycles. The number of sulfone groups is 1. The van der Waals surface area contributed by atoms with Crippen molar-refractivity contribution in [3.8, 4) is 0 Å². The molecule has 0 heterocycles. The summed E-state index contributed by atoms with van der Waals surface area (Å²) in [7, 11) is -3.58. The molecule has 0 spiro atoms. The van der Waals surface area contributed by atoms with Crippen molar-refractivity contribution in [3.05, 3.63) is 84.9 Å². The largest absolute Gasteiger partial charge is 0.219 e. The number of fused-ring (bicyclic) bond motifs is 1. The molecule has 104 valence electrons. The minimum absolute atomic E-state index is 0.124. The lowest BCUT2D eigenvalue weighted by Crippen LogP contribution is -2.03. The van der Waals surface area contributed by atoms with Crippen LogP contribution in [0.25, 0.3) is 15.7 Å². The molecule has 21 heavy (non-hydrogen) atoms. The van der Waals surface area contributed by atoms with E-state index in [1.807, 2.05) is 36.4 Å². The fourth-order valence-corrected chi connectivity index (χ4v) is 3.52. The molecule has 0 saturated heterocycles. The lowest BCUT2D eigenvalue weighted by Gasteiger charge is -2.09. The maximum absolute atomic E-state index is 12.7. The van der Waals surface area contributed by atoms with E-state index in [4.69, 9.17) is 0 Å². The molecule has 0 amide bonds. The number of hydrogen-bond donors (Lipinski definition) is 0. The van der Waals surface area contributed by atoms with Crippen LogP contribution in [0.4, 0.5) is 0 Å². The topological polar surface area (TPSA) is 34.1 Å².